The van der Waals surface area contributed by atoms with E-state index in [2.05, 4.69) is 216 Å². The van der Waals surface area contributed by atoms with Crippen molar-refractivity contribution in [3.05, 3.63) is 218 Å². The van der Waals surface area contributed by atoms with Crippen molar-refractivity contribution in [1.29, 1.82) is 0 Å². The van der Waals surface area contributed by atoms with Gasteiger partial charge in [-0.3, -0.25) is 0 Å². The Morgan fingerprint density at radius 2 is 0.807 bits per heavy atom. The topological polar surface area (TPSA) is 21.3 Å². The van der Waals surface area contributed by atoms with E-state index in [1.807, 2.05) is 12.1 Å². The summed E-state index contributed by atoms with van der Waals surface area (Å²) in [5.74, 6) is 0. The zero-order chi connectivity index (χ0) is 37.7. The van der Waals surface area contributed by atoms with Crippen LogP contribution in [0.4, 0.5) is 17.1 Å². The predicted octanol–water partition coefficient (Wildman–Crippen LogP) is 15.2. The Labute approximate surface area is 330 Å². The van der Waals surface area contributed by atoms with Gasteiger partial charge in [0.25, 0.3) is 0 Å². The van der Waals surface area contributed by atoms with Crippen LogP contribution in [0.5, 0.6) is 0 Å². The first-order valence-corrected chi connectivity index (χ1v) is 19.4. The van der Waals surface area contributed by atoms with Gasteiger partial charge in [-0.25, -0.2) is 0 Å². The molecule has 2 heterocycles. The fourth-order valence-corrected chi connectivity index (χ4v) is 8.60. The summed E-state index contributed by atoms with van der Waals surface area (Å²) in [7, 11) is 0. The van der Waals surface area contributed by atoms with Crippen LogP contribution in [0, 0.1) is 0 Å². The Bertz CT molecular complexity index is 3210. The lowest BCUT2D eigenvalue weighted by Crippen LogP contribution is -2.10. The van der Waals surface area contributed by atoms with Crippen molar-refractivity contribution in [2.75, 3.05) is 4.90 Å². The number of aromatic nitrogens is 1. The SMILES string of the molecule is c1ccc(-c2cccc(N(c3cccc(-c4ccccc4-n4c5ccccc5c5ccccc54)c3)c3cccc(-c4cccc5c4oc4ccccc45)c3)c2)cc1. The molecule has 0 aliphatic heterocycles. The molecule has 0 unspecified atom stereocenters. The molecular formula is C54H36N2O. The first-order valence-electron chi connectivity index (χ1n) is 19.4. The molecule has 3 heteroatoms. The van der Waals surface area contributed by atoms with Crippen LogP contribution in [0.3, 0.4) is 0 Å². The highest BCUT2D eigenvalue weighted by atomic mass is 16.3. The minimum Gasteiger partial charge on any atom is -0.455 e. The quantitative estimate of drug-likeness (QED) is 0.163. The fraction of sp³-hybridized carbons (Fsp3) is 0. The molecule has 0 N–H and O–H groups in total. The molecule has 3 nitrogen and oxygen atoms in total. The Morgan fingerprint density at radius 1 is 0.333 bits per heavy atom. The third-order valence-electron chi connectivity index (χ3n) is 11.2. The van der Waals surface area contributed by atoms with Gasteiger partial charge >= 0.3 is 0 Å². The summed E-state index contributed by atoms with van der Waals surface area (Å²) in [6.45, 7) is 0. The lowest BCUT2D eigenvalue weighted by atomic mass is 9.99. The fourth-order valence-electron chi connectivity index (χ4n) is 8.60. The summed E-state index contributed by atoms with van der Waals surface area (Å²) in [5.41, 5.74) is 15.3. The molecule has 0 saturated carbocycles. The van der Waals surface area contributed by atoms with Crippen LogP contribution in [-0.2, 0) is 0 Å². The summed E-state index contributed by atoms with van der Waals surface area (Å²) >= 11 is 0. The van der Waals surface area contributed by atoms with Crippen molar-refractivity contribution in [3.63, 3.8) is 0 Å². The van der Waals surface area contributed by atoms with Crippen molar-refractivity contribution in [1.82, 2.24) is 4.57 Å². The Balaban J connectivity index is 1.09. The summed E-state index contributed by atoms with van der Waals surface area (Å²) < 4.78 is 8.93. The van der Waals surface area contributed by atoms with Crippen molar-refractivity contribution in [2.24, 2.45) is 0 Å². The summed E-state index contributed by atoms with van der Waals surface area (Å²) in [6.07, 6.45) is 0. The molecule has 0 aliphatic carbocycles. The molecule has 0 bridgehead atoms. The third-order valence-corrected chi connectivity index (χ3v) is 11.2. The summed E-state index contributed by atoms with van der Waals surface area (Å²) in [6, 6.07) is 78.1. The van der Waals surface area contributed by atoms with Crippen LogP contribution in [-0.4, -0.2) is 4.57 Å². The van der Waals surface area contributed by atoms with Gasteiger partial charge in [-0.1, -0.05) is 158 Å². The van der Waals surface area contributed by atoms with Gasteiger partial charge in [0, 0.05) is 49.7 Å². The van der Waals surface area contributed by atoms with Crippen LogP contribution < -0.4 is 4.90 Å². The van der Waals surface area contributed by atoms with E-state index >= 15 is 0 Å². The first-order chi connectivity index (χ1) is 28.3. The maximum Gasteiger partial charge on any atom is 0.143 e. The number of fused-ring (bicyclic) bond motifs is 6. The minimum absolute atomic E-state index is 0.897. The number of hydrogen-bond acceptors (Lipinski definition) is 2. The number of hydrogen-bond donors (Lipinski definition) is 0. The zero-order valence-electron chi connectivity index (χ0n) is 31.1. The van der Waals surface area contributed by atoms with Crippen molar-refractivity contribution in [2.45, 2.75) is 0 Å². The van der Waals surface area contributed by atoms with Crippen molar-refractivity contribution in [3.8, 4) is 39.1 Å². The molecule has 57 heavy (non-hydrogen) atoms. The summed E-state index contributed by atoms with van der Waals surface area (Å²) in [4.78, 5) is 2.38. The van der Waals surface area contributed by atoms with Crippen LogP contribution in [0.1, 0.15) is 0 Å². The number of rotatable bonds is 7. The van der Waals surface area contributed by atoms with Gasteiger partial charge in [-0.15, -0.1) is 0 Å². The number of nitrogens with zero attached hydrogens (tertiary/aromatic N) is 2. The molecule has 0 fully saturated rings. The molecule has 0 amide bonds. The number of anilines is 3. The Morgan fingerprint density at radius 3 is 1.51 bits per heavy atom. The van der Waals surface area contributed by atoms with Gasteiger partial charge in [0.1, 0.15) is 11.2 Å². The second kappa shape index (κ2) is 13.6. The average molecular weight is 729 g/mol. The minimum atomic E-state index is 0.897. The van der Waals surface area contributed by atoms with E-state index < -0.39 is 0 Å². The standard InChI is InChI=1S/C54H36N2O/c1-2-16-37(17-3-1)38-18-12-21-41(34-38)55(43-23-14-20-40(36-43)45-28-15-29-49-48-27-7-11-33-53(48)57-54(45)49)42-22-13-19-39(35-42)44-24-4-8-30-50(44)56-51-31-9-5-25-46(51)47-26-6-10-32-52(47)56/h1-36H. The normalized spacial score (nSPS) is 11.5. The lowest BCUT2D eigenvalue weighted by molar-refractivity contribution is 0.670. The maximum absolute atomic E-state index is 6.52. The molecule has 0 aliphatic rings. The Hall–Kier alpha value is -7.62. The molecule has 0 atom stereocenters. The van der Waals surface area contributed by atoms with Gasteiger partial charge in [0.15, 0.2) is 0 Å². The van der Waals surface area contributed by atoms with E-state index in [1.165, 1.54) is 27.4 Å². The monoisotopic (exact) mass is 728 g/mol. The third kappa shape index (κ3) is 5.60. The predicted molar refractivity (Wildman–Crippen MR) is 239 cm³/mol. The van der Waals surface area contributed by atoms with Crippen molar-refractivity contribution >= 4 is 60.8 Å². The molecule has 11 aromatic rings. The van der Waals surface area contributed by atoms with E-state index in [4.69, 9.17) is 4.42 Å². The van der Waals surface area contributed by atoms with E-state index in [1.54, 1.807) is 0 Å². The van der Waals surface area contributed by atoms with Gasteiger partial charge < -0.3 is 13.9 Å². The molecule has 9 aromatic carbocycles. The van der Waals surface area contributed by atoms with Crippen LogP contribution >= 0.6 is 0 Å². The van der Waals surface area contributed by atoms with Crippen molar-refractivity contribution < 1.29 is 4.42 Å². The zero-order valence-corrected chi connectivity index (χ0v) is 31.1. The van der Waals surface area contributed by atoms with E-state index in [-0.39, 0.29) is 0 Å². The first kappa shape index (κ1) is 32.8. The molecule has 0 saturated heterocycles. The highest BCUT2D eigenvalue weighted by molar-refractivity contribution is 6.11. The van der Waals surface area contributed by atoms with Gasteiger partial charge in [0.2, 0.25) is 0 Å². The van der Waals surface area contributed by atoms with E-state index in [0.29, 0.717) is 0 Å². The van der Waals surface area contributed by atoms with Gasteiger partial charge in [-0.05, 0) is 82.9 Å². The second-order valence-corrected chi connectivity index (χ2v) is 14.5. The number of para-hydroxylation sites is 5. The Kier molecular flexibility index (Phi) is 7.82. The smallest absolute Gasteiger partial charge is 0.143 e. The highest BCUT2D eigenvalue weighted by Gasteiger charge is 2.19. The van der Waals surface area contributed by atoms with E-state index in [0.717, 1.165) is 72.5 Å². The molecule has 2 aromatic heterocycles. The highest BCUT2D eigenvalue weighted by Crippen LogP contribution is 2.43. The van der Waals surface area contributed by atoms with Gasteiger partial charge in [0.05, 0.1) is 16.7 Å². The van der Waals surface area contributed by atoms with Gasteiger partial charge in [-0.2, -0.15) is 0 Å². The number of furan rings is 1. The van der Waals surface area contributed by atoms with Crippen LogP contribution in [0.2, 0.25) is 0 Å². The van der Waals surface area contributed by atoms with E-state index in [9.17, 15) is 0 Å². The summed E-state index contributed by atoms with van der Waals surface area (Å²) in [5, 5.41) is 4.75. The average Bonchev–Trinajstić information content (AvgIpc) is 3.83. The van der Waals surface area contributed by atoms with Crippen LogP contribution in [0.15, 0.2) is 223 Å². The molecular weight excluding hydrogens is 693 g/mol. The largest absolute Gasteiger partial charge is 0.455 e. The van der Waals surface area contributed by atoms with Crippen LogP contribution in [0.25, 0.3) is 82.8 Å². The molecule has 11 rings (SSSR count). The molecule has 268 valence electrons. The maximum atomic E-state index is 6.52. The number of benzene rings is 9. The lowest BCUT2D eigenvalue weighted by Gasteiger charge is -2.27. The second-order valence-electron chi connectivity index (χ2n) is 14.5. The molecule has 0 spiro atoms. The molecule has 0 radical (unpaired) electrons.